The van der Waals surface area contributed by atoms with Gasteiger partial charge in [-0.25, -0.2) is 9.97 Å². The van der Waals surface area contributed by atoms with Crippen molar-refractivity contribution in [3.63, 3.8) is 0 Å². The van der Waals surface area contributed by atoms with Gasteiger partial charge in [0, 0.05) is 17.4 Å². The summed E-state index contributed by atoms with van der Waals surface area (Å²) in [6.07, 6.45) is 4.20. The van der Waals surface area contributed by atoms with E-state index in [1.807, 2.05) is 0 Å². The maximum absolute atomic E-state index is 11.8. The van der Waals surface area contributed by atoms with E-state index in [1.54, 1.807) is 18.2 Å². The summed E-state index contributed by atoms with van der Waals surface area (Å²) in [5.74, 6) is -0.320. The molecule has 0 fully saturated rings. The van der Waals surface area contributed by atoms with Crippen LogP contribution in [0.25, 0.3) is 0 Å². The van der Waals surface area contributed by atoms with Gasteiger partial charge in [-0.15, -0.1) is 0 Å². The molecule has 2 aromatic rings. The van der Waals surface area contributed by atoms with Gasteiger partial charge < -0.3 is 11.1 Å². The lowest BCUT2D eigenvalue weighted by molar-refractivity contribution is 0.102. The van der Waals surface area contributed by atoms with Gasteiger partial charge in [0.2, 0.25) is 0 Å². The van der Waals surface area contributed by atoms with Crippen molar-refractivity contribution in [3.05, 3.63) is 47.5 Å². The summed E-state index contributed by atoms with van der Waals surface area (Å²) in [5.41, 5.74) is 6.99. The molecule has 1 aromatic carbocycles. The van der Waals surface area contributed by atoms with Crippen LogP contribution in [0.1, 0.15) is 10.4 Å². The highest BCUT2D eigenvalue weighted by molar-refractivity contribution is 6.31. The average molecular weight is 249 g/mol. The minimum Gasteiger partial charge on any atom is -0.397 e. The fraction of sp³-hybridized carbons (Fsp3) is 0. The number of benzene rings is 1. The number of nitrogens with two attached hydrogens (primary N) is 1. The Hall–Kier alpha value is -2.14. The molecule has 0 aliphatic heterocycles. The Labute approximate surface area is 103 Å². The van der Waals surface area contributed by atoms with Gasteiger partial charge in [0.05, 0.1) is 16.9 Å². The molecule has 0 spiro atoms. The molecule has 0 saturated carbocycles. The van der Waals surface area contributed by atoms with Crippen LogP contribution in [0.5, 0.6) is 0 Å². The normalized spacial score (nSPS) is 9.94. The quantitative estimate of drug-likeness (QED) is 0.796. The molecule has 0 aliphatic rings. The number of halogens is 1. The highest BCUT2D eigenvalue weighted by Gasteiger charge is 2.08. The highest BCUT2D eigenvalue weighted by Crippen LogP contribution is 2.22. The van der Waals surface area contributed by atoms with Gasteiger partial charge in [-0.2, -0.15) is 0 Å². The van der Waals surface area contributed by atoms with Crippen LogP contribution in [0.3, 0.4) is 0 Å². The number of nitrogens with zero attached hydrogens (tertiary/aromatic N) is 2. The minimum absolute atomic E-state index is 0.320. The van der Waals surface area contributed by atoms with Crippen molar-refractivity contribution in [1.29, 1.82) is 0 Å². The van der Waals surface area contributed by atoms with Crippen LogP contribution in [0, 0.1) is 0 Å². The second kappa shape index (κ2) is 4.80. The predicted molar refractivity (Wildman–Crippen MR) is 65.8 cm³/mol. The summed E-state index contributed by atoms with van der Waals surface area (Å²) < 4.78 is 0. The zero-order valence-electron chi connectivity index (χ0n) is 8.72. The van der Waals surface area contributed by atoms with Crippen LogP contribution in [0.2, 0.25) is 5.02 Å². The van der Waals surface area contributed by atoms with E-state index in [-0.39, 0.29) is 5.91 Å². The second-order valence-corrected chi connectivity index (χ2v) is 3.75. The third-order valence-corrected chi connectivity index (χ3v) is 2.32. The molecular formula is C11H9ClN4O. The first-order valence-electron chi connectivity index (χ1n) is 4.78. The number of nitrogen functional groups attached to an aromatic ring is 1. The maximum Gasteiger partial charge on any atom is 0.258 e. The number of anilines is 2. The molecule has 0 saturated heterocycles. The van der Waals surface area contributed by atoms with Gasteiger partial charge in [-0.05, 0) is 18.2 Å². The van der Waals surface area contributed by atoms with Crippen LogP contribution in [-0.2, 0) is 0 Å². The lowest BCUT2D eigenvalue weighted by atomic mass is 10.2. The van der Waals surface area contributed by atoms with Gasteiger partial charge in [-0.1, -0.05) is 11.6 Å². The Kier molecular flexibility index (Phi) is 3.20. The molecular weight excluding hydrogens is 240 g/mol. The van der Waals surface area contributed by atoms with Crippen molar-refractivity contribution in [3.8, 4) is 0 Å². The SMILES string of the molecule is Nc1cc(Cl)ccc1NC(=O)c1cncnc1. The van der Waals surface area contributed by atoms with Gasteiger partial charge in [-0.3, -0.25) is 4.79 Å². The minimum atomic E-state index is -0.320. The number of hydrogen-bond acceptors (Lipinski definition) is 4. The second-order valence-electron chi connectivity index (χ2n) is 3.31. The van der Waals surface area contributed by atoms with Gasteiger partial charge >= 0.3 is 0 Å². The Balaban J connectivity index is 2.19. The molecule has 0 aliphatic carbocycles. The van der Waals surface area contributed by atoms with E-state index >= 15 is 0 Å². The first-order valence-corrected chi connectivity index (χ1v) is 5.16. The standard InChI is InChI=1S/C11H9ClN4O/c12-8-1-2-10(9(13)3-8)16-11(17)7-4-14-6-15-5-7/h1-6H,13H2,(H,16,17). The third kappa shape index (κ3) is 2.70. The summed E-state index contributed by atoms with van der Waals surface area (Å²) in [5, 5.41) is 3.17. The predicted octanol–water partition coefficient (Wildman–Crippen LogP) is 1.96. The number of nitrogens with one attached hydrogen (secondary N) is 1. The molecule has 6 heteroatoms. The monoisotopic (exact) mass is 248 g/mol. The van der Waals surface area contributed by atoms with E-state index < -0.39 is 0 Å². The zero-order valence-corrected chi connectivity index (χ0v) is 9.48. The number of hydrogen-bond donors (Lipinski definition) is 2. The summed E-state index contributed by atoms with van der Waals surface area (Å²) >= 11 is 5.76. The van der Waals surface area contributed by atoms with Crippen molar-refractivity contribution in [2.45, 2.75) is 0 Å². The smallest absolute Gasteiger partial charge is 0.258 e. The summed E-state index contributed by atoms with van der Waals surface area (Å²) in [6, 6.07) is 4.85. The van der Waals surface area contributed by atoms with Crippen LogP contribution < -0.4 is 11.1 Å². The molecule has 1 heterocycles. The van der Waals surface area contributed by atoms with E-state index in [2.05, 4.69) is 15.3 Å². The number of aromatic nitrogens is 2. The Morgan fingerprint density at radius 1 is 1.29 bits per heavy atom. The van der Waals surface area contributed by atoms with Crippen LogP contribution >= 0.6 is 11.6 Å². The molecule has 0 atom stereocenters. The Morgan fingerprint density at radius 2 is 2.00 bits per heavy atom. The zero-order chi connectivity index (χ0) is 12.3. The number of carbonyl (C=O) groups excluding carboxylic acids is 1. The van der Waals surface area contributed by atoms with Gasteiger partial charge in [0.25, 0.3) is 5.91 Å². The Bertz CT molecular complexity index is 544. The van der Waals surface area contributed by atoms with Crippen molar-refractivity contribution < 1.29 is 4.79 Å². The van der Waals surface area contributed by atoms with E-state index in [0.29, 0.717) is 22.0 Å². The van der Waals surface area contributed by atoms with E-state index in [9.17, 15) is 4.79 Å². The van der Waals surface area contributed by atoms with Crippen LogP contribution in [0.15, 0.2) is 36.9 Å². The molecule has 1 amide bonds. The van der Waals surface area contributed by atoms with E-state index in [1.165, 1.54) is 18.7 Å². The van der Waals surface area contributed by atoms with Gasteiger partial charge in [0.1, 0.15) is 6.33 Å². The lowest BCUT2D eigenvalue weighted by Crippen LogP contribution is -2.13. The van der Waals surface area contributed by atoms with Gasteiger partial charge in [0.15, 0.2) is 0 Å². The van der Waals surface area contributed by atoms with Crippen molar-refractivity contribution in [2.24, 2.45) is 0 Å². The van der Waals surface area contributed by atoms with E-state index in [0.717, 1.165) is 0 Å². The molecule has 2 rings (SSSR count). The molecule has 0 radical (unpaired) electrons. The summed E-state index contributed by atoms with van der Waals surface area (Å²) in [4.78, 5) is 19.3. The molecule has 86 valence electrons. The largest absolute Gasteiger partial charge is 0.397 e. The van der Waals surface area contributed by atoms with Crippen LogP contribution in [-0.4, -0.2) is 15.9 Å². The molecule has 5 nitrogen and oxygen atoms in total. The average Bonchev–Trinajstić information content (AvgIpc) is 2.34. The summed E-state index contributed by atoms with van der Waals surface area (Å²) in [6.45, 7) is 0. The van der Waals surface area contributed by atoms with Crippen molar-refractivity contribution in [2.75, 3.05) is 11.1 Å². The lowest BCUT2D eigenvalue weighted by Gasteiger charge is -2.07. The first-order chi connectivity index (χ1) is 8.16. The maximum atomic E-state index is 11.8. The number of carbonyl (C=O) groups is 1. The molecule has 0 unspecified atom stereocenters. The fourth-order valence-corrected chi connectivity index (χ4v) is 1.44. The fourth-order valence-electron chi connectivity index (χ4n) is 1.26. The van der Waals surface area contributed by atoms with Crippen molar-refractivity contribution in [1.82, 2.24) is 9.97 Å². The number of rotatable bonds is 2. The molecule has 1 aromatic heterocycles. The highest BCUT2D eigenvalue weighted by atomic mass is 35.5. The summed E-state index contributed by atoms with van der Waals surface area (Å²) in [7, 11) is 0. The van der Waals surface area contributed by atoms with Crippen molar-refractivity contribution >= 4 is 28.9 Å². The Morgan fingerprint density at radius 3 is 2.65 bits per heavy atom. The van der Waals surface area contributed by atoms with E-state index in [4.69, 9.17) is 17.3 Å². The van der Waals surface area contributed by atoms with Crippen LogP contribution in [0.4, 0.5) is 11.4 Å². The number of amides is 1. The topological polar surface area (TPSA) is 80.9 Å². The first kappa shape index (κ1) is 11.3. The molecule has 3 N–H and O–H groups in total. The third-order valence-electron chi connectivity index (χ3n) is 2.08. The molecule has 17 heavy (non-hydrogen) atoms. The molecule has 0 bridgehead atoms.